The number of rotatable bonds is 16. The van der Waals surface area contributed by atoms with E-state index in [4.69, 9.17) is 4.74 Å². The van der Waals surface area contributed by atoms with Crippen LogP contribution < -0.4 is 10.6 Å². The van der Waals surface area contributed by atoms with Crippen molar-refractivity contribution >= 4 is 12.0 Å². The minimum Gasteiger partial charge on any atom is -0.444 e. The second-order valence-corrected chi connectivity index (χ2v) is 9.70. The van der Waals surface area contributed by atoms with Crippen molar-refractivity contribution in [1.29, 1.82) is 0 Å². The van der Waals surface area contributed by atoms with Gasteiger partial charge in [0.2, 0.25) is 5.91 Å². The van der Waals surface area contributed by atoms with Crippen molar-refractivity contribution in [3.05, 3.63) is 35.9 Å². The van der Waals surface area contributed by atoms with Crippen LogP contribution in [-0.2, 0) is 16.0 Å². The maximum Gasteiger partial charge on any atom is 0.408 e. The number of hydrogen-bond acceptors (Lipinski definition) is 3. The lowest BCUT2D eigenvalue weighted by atomic mass is 10.0. The molecule has 2 amide bonds. The molecule has 32 heavy (non-hydrogen) atoms. The monoisotopic (exact) mass is 446 g/mol. The van der Waals surface area contributed by atoms with Gasteiger partial charge in [-0.25, -0.2) is 4.79 Å². The van der Waals surface area contributed by atoms with E-state index in [1.807, 2.05) is 51.1 Å². The minimum atomic E-state index is -0.604. The molecule has 0 saturated carbocycles. The molecule has 0 aliphatic heterocycles. The second kappa shape index (κ2) is 16.6. The van der Waals surface area contributed by atoms with Gasteiger partial charge in [0.15, 0.2) is 0 Å². The number of carbonyl (C=O) groups is 2. The van der Waals surface area contributed by atoms with Crippen LogP contribution in [0.3, 0.4) is 0 Å². The third-order valence-corrected chi connectivity index (χ3v) is 5.40. The molecule has 0 spiro atoms. The summed E-state index contributed by atoms with van der Waals surface area (Å²) in [5.41, 5.74) is 0.548. The van der Waals surface area contributed by atoms with Crippen molar-refractivity contribution in [3.8, 4) is 0 Å². The van der Waals surface area contributed by atoms with Crippen molar-refractivity contribution in [2.45, 2.75) is 116 Å². The Morgan fingerprint density at radius 3 is 2.00 bits per heavy atom. The predicted octanol–water partition coefficient (Wildman–Crippen LogP) is 6.55. The highest BCUT2D eigenvalue weighted by Gasteiger charge is 2.24. The summed E-state index contributed by atoms with van der Waals surface area (Å²) in [6, 6.07) is 9.40. The lowest BCUT2D eigenvalue weighted by molar-refractivity contribution is -0.123. The smallest absolute Gasteiger partial charge is 0.408 e. The molecule has 0 saturated heterocycles. The zero-order valence-electron chi connectivity index (χ0n) is 20.9. The number of carbonyl (C=O) groups excluding carboxylic acids is 2. The minimum absolute atomic E-state index is 0.136. The zero-order chi connectivity index (χ0) is 23.7. The maximum atomic E-state index is 12.7. The van der Waals surface area contributed by atoms with Crippen LogP contribution in [0.5, 0.6) is 0 Å². The molecule has 5 nitrogen and oxygen atoms in total. The van der Waals surface area contributed by atoms with E-state index >= 15 is 0 Å². The summed E-state index contributed by atoms with van der Waals surface area (Å²) >= 11 is 0. The van der Waals surface area contributed by atoms with Gasteiger partial charge in [-0.3, -0.25) is 4.79 Å². The second-order valence-electron chi connectivity index (χ2n) is 9.70. The first-order valence-corrected chi connectivity index (χ1v) is 12.6. The third-order valence-electron chi connectivity index (χ3n) is 5.40. The van der Waals surface area contributed by atoms with Gasteiger partial charge in [0, 0.05) is 6.54 Å². The summed E-state index contributed by atoms with van der Waals surface area (Å²) in [4.78, 5) is 25.0. The van der Waals surface area contributed by atoms with Crippen LogP contribution >= 0.6 is 0 Å². The molecule has 0 bridgehead atoms. The SMILES string of the molecule is CCCCCCCCCCCCNC(=O)[C@H](CCc1ccccc1)NC(=O)OC(C)(C)C. The first kappa shape index (κ1) is 28.0. The van der Waals surface area contributed by atoms with Crippen LogP contribution in [0.1, 0.15) is 104 Å². The van der Waals surface area contributed by atoms with Gasteiger partial charge in [-0.1, -0.05) is 95.0 Å². The Hall–Kier alpha value is -2.04. The molecule has 0 aliphatic carbocycles. The summed E-state index contributed by atoms with van der Waals surface area (Å²) in [5, 5.41) is 5.76. The Kier molecular flexibility index (Phi) is 14.5. The molecule has 1 aromatic carbocycles. The number of aryl methyl sites for hydroxylation is 1. The molecule has 2 N–H and O–H groups in total. The van der Waals surface area contributed by atoms with Gasteiger partial charge >= 0.3 is 6.09 Å². The molecule has 0 heterocycles. The van der Waals surface area contributed by atoms with Crippen molar-refractivity contribution in [1.82, 2.24) is 10.6 Å². The van der Waals surface area contributed by atoms with Crippen molar-refractivity contribution < 1.29 is 14.3 Å². The highest BCUT2D eigenvalue weighted by Crippen LogP contribution is 2.11. The summed E-state index contributed by atoms with van der Waals surface area (Å²) in [5.74, 6) is -0.136. The van der Waals surface area contributed by atoms with Crippen molar-refractivity contribution in [2.75, 3.05) is 6.54 Å². The van der Waals surface area contributed by atoms with Crippen LogP contribution in [0, 0.1) is 0 Å². The molecule has 0 unspecified atom stereocenters. The van der Waals surface area contributed by atoms with Gasteiger partial charge < -0.3 is 15.4 Å². The molecule has 0 fully saturated rings. The lowest BCUT2D eigenvalue weighted by Crippen LogP contribution is -2.48. The van der Waals surface area contributed by atoms with Gasteiger partial charge in [0.05, 0.1) is 0 Å². The molecular formula is C27H46N2O3. The third kappa shape index (κ3) is 14.9. The van der Waals surface area contributed by atoms with E-state index in [0.29, 0.717) is 19.4 Å². The van der Waals surface area contributed by atoms with Crippen LogP contribution in [-0.4, -0.2) is 30.2 Å². The Morgan fingerprint density at radius 1 is 0.875 bits per heavy atom. The van der Waals surface area contributed by atoms with Crippen LogP contribution in [0.4, 0.5) is 4.79 Å². The summed E-state index contributed by atoms with van der Waals surface area (Å²) in [6.07, 6.45) is 13.3. The molecule has 182 valence electrons. The topological polar surface area (TPSA) is 67.4 Å². The average Bonchev–Trinajstić information content (AvgIpc) is 2.74. The lowest BCUT2D eigenvalue weighted by Gasteiger charge is -2.23. The van der Waals surface area contributed by atoms with Crippen LogP contribution in [0.25, 0.3) is 0 Å². The fraction of sp³-hybridized carbons (Fsp3) is 0.704. The van der Waals surface area contributed by atoms with Gasteiger partial charge in [0.25, 0.3) is 0 Å². The highest BCUT2D eigenvalue weighted by molar-refractivity contribution is 5.85. The first-order valence-electron chi connectivity index (χ1n) is 12.6. The predicted molar refractivity (Wildman–Crippen MR) is 133 cm³/mol. The Bertz CT molecular complexity index is 626. The van der Waals surface area contributed by atoms with E-state index in [1.54, 1.807) is 0 Å². The van der Waals surface area contributed by atoms with Crippen LogP contribution in [0.15, 0.2) is 30.3 Å². The number of benzene rings is 1. The maximum absolute atomic E-state index is 12.7. The number of hydrogen-bond donors (Lipinski definition) is 2. The first-order chi connectivity index (χ1) is 15.3. The summed E-state index contributed by atoms with van der Waals surface area (Å²) < 4.78 is 5.35. The average molecular weight is 447 g/mol. The van der Waals surface area contributed by atoms with Gasteiger partial charge in [-0.05, 0) is 45.6 Å². The molecule has 1 rings (SSSR count). The number of amides is 2. The van der Waals surface area contributed by atoms with Crippen LogP contribution in [0.2, 0.25) is 0 Å². The number of ether oxygens (including phenoxy) is 1. The van der Waals surface area contributed by atoms with Gasteiger partial charge in [-0.15, -0.1) is 0 Å². The summed E-state index contributed by atoms with van der Waals surface area (Å²) in [7, 11) is 0. The molecule has 1 aromatic rings. The van der Waals surface area contributed by atoms with Crippen molar-refractivity contribution in [3.63, 3.8) is 0 Å². The van der Waals surface area contributed by atoms with E-state index in [9.17, 15) is 9.59 Å². The Labute approximate surface area is 196 Å². The Balaban J connectivity index is 2.33. The molecule has 1 atom stereocenters. The molecule has 5 heteroatoms. The van der Waals surface area contributed by atoms with E-state index < -0.39 is 17.7 Å². The van der Waals surface area contributed by atoms with E-state index in [1.165, 1.54) is 51.4 Å². The van der Waals surface area contributed by atoms with Crippen molar-refractivity contribution in [2.24, 2.45) is 0 Å². The van der Waals surface area contributed by atoms with E-state index in [-0.39, 0.29) is 5.91 Å². The number of alkyl carbamates (subject to hydrolysis) is 1. The highest BCUT2D eigenvalue weighted by atomic mass is 16.6. The normalized spacial score (nSPS) is 12.2. The zero-order valence-corrected chi connectivity index (χ0v) is 20.9. The van der Waals surface area contributed by atoms with E-state index in [0.717, 1.165) is 18.4 Å². The quantitative estimate of drug-likeness (QED) is 0.283. The van der Waals surface area contributed by atoms with E-state index in [2.05, 4.69) is 17.6 Å². The number of nitrogens with one attached hydrogen (secondary N) is 2. The molecule has 0 aromatic heterocycles. The standard InChI is InChI=1S/C27H46N2O3/c1-5-6-7-8-9-10-11-12-13-17-22-28-25(30)24(29-26(31)32-27(2,3)4)21-20-23-18-15-14-16-19-23/h14-16,18-19,24H,5-13,17,20-22H2,1-4H3,(H,28,30)(H,29,31)/t24-/m0/s1. The largest absolute Gasteiger partial charge is 0.444 e. The van der Waals surface area contributed by atoms with Gasteiger partial charge in [-0.2, -0.15) is 0 Å². The Morgan fingerprint density at radius 2 is 1.44 bits per heavy atom. The summed E-state index contributed by atoms with van der Waals surface area (Å²) in [6.45, 7) is 8.34. The van der Waals surface area contributed by atoms with Gasteiger partial charge in [0.1, 0.15) is 11.6 Å². The fourth-order valence-corrected chi connectivity index (χ4v) is 3.62. The molecular weight excluding hydrogens is 400 g/mol. The fourth-order valence-electron chi connectivity index (χ4n) is 3.62. The molecule has 0 aliphatic rings. The molecule has 0 radical (unpaired) electrons. The number of unbranched alkanes of at least 4 members (excludes halogenated alkanes) is 9.